The predicted molar refractivity (Wildman–Crippen MR) is 68.9 cm³/mol. The molecule has 0 saturated heterocycles. The van der Waals surface area contributed by atoms with Crippen LogP contribution in [0.4, 0.5) is 5.82 Å². The van der Waals surface area contributed by atoms with E-state index in [-0.39, 0.29) is 0 Å². The van der Waals surface area contributed by atoms with E-state index in [4.69, 9.17) is 0 Å². The Morgan fingerprint density at radius 3 is 2.75 bits per heavy atom. The molecular weight excluding hydrogens is 218 g/mol. The minimum absolute atomic E-state index is 0.927. The number of aromatic nitrogens is 2. The van der Waals surface area contributed by atoms with Crippen LogP contribution in [0.15, 0.2) is 47.5 Å². The topological polar surface area (TPSA) is 29.9 Å². The van der Waals surface area contributed by atoms with Crippen molar-refractivity contribution in [1.29, 1.82) is 0 Å². The van der Waals surface area contributed by atoms with E-state index in [1.165, 1.54) is 4.90 Å². The average molecular weight is 233 g/mol. The summed E-state index contributed by atoms with van der Waals surface area (Å²) in [5, 5.41) is 7.53. The molecule has 2 aromatic rings. The fourth-order valence-corrected chi connectivity index (χ4v) is 2.16. The maximum Gasteiger partial charge on any atom is 0.147 e. The van der Waals surface area contributed by atoms with Gasteiger partial charge in [0.15, 0.2) is 0 Å². The highest BCUT2D eigenvalue weighted by molar-refractivity contribution is 7.99. The molecule has 2 rings (SSSR count). The van der Waals surface area contributed by atoms with Crippen molar-refractivity contribution < 1.29 is 0 Å². The van der Waals surface area contributed by atoms with Gasteiger partial charge in [-0.1, -0.05) is 18.2 Å². The summed E-state index contributed by atoms with van der Waals surface area (Å²) in [7, 11) is 1.92. The van der Waals surface area contributed by atoms with Crippen LogP contribution in [0.1, 0.15) is 0 Å². The number of aryl methyl sites for hydroxylation is 1. The molecule has 1 N–H and O–H groups in total. The van der Waals surface area contributed by atoms with Crippen molar-refractivity contribution in [3.05, 3.63) is 42.6 Å². The van der Waals surface area contributed by atoms with E-state index >= 15 is 0 Å². The van der Waals surface area contributed by atoms with Gasteiger partial charge in [0, 0.05) is 36.5 Å². The largest absolute Gasteiger partial charge is 0.368 e. The first kappa shape index (κ1) is 11.1. The third-order valence-corrected chi connectivity index (χ3v) is 3.15. The Hall–Kier alpha value is -1.42. The molecule has 0 amide bonds. The summed E-state index contributed by atoms with van der Waals surface area (Å²) in [4.78, 5) is 1.31. The van der Waals surface area contributed by atoms with E-state index in [1.54, 1.807) is 4.68 Å². The zero-order valence-corrected chi connectivity index (χ0v) is 10.1. The number of hydrogen-bond donors (Lipinski definition) is 1. The van der Waals surface area contributed by atoms with Crippen LogP contribution >= 0.6 is 11.8 Å². The number of anilines is 1. The zero-order chi connectivity index (χ0) is 11.2. The fourth-order valence-electron chi connectivity index (χ4n) is 1.37. The van der Waals surface area contributed by atoms with Crippen LogP contribution in [0.25, 0.3) is 0 Å². The number of thioether (sulfide) groups is 1. The maximum atomic E-state index is 4.25. The third-order valence-electron chi connectivity index (χ3n) is 2.13. The van der Waals surface area contributed by atoms with Crippen LogP contribution in [0.5, 0.6) is 0 Å². The molecule has 0 aliphatic carbocycles. The standard InChI is InChI=1S/C12H15N3S/c1-15-9-7-12(14-15)13-8-10-16-11-5-3-2-4-6-11/h2-7,9H,8,10H2,1H3,(H,13,14). The third kappa shape index (κ3) is 3.31. The lowest BCUT2D eigenvalue weighted by Gasteiger charge is -2.02. The van der Waals surface area contributed by atoms with Gasteiger partial charge in [0.1, 0.15) is 5.82 Å². The minimum atomic E-state index is 0.927. The Morgan fingerprint density at radius 2 is 2.06 bits per heavy atom. The molecule has 1 aromatic heterocycles. The Kier molecular flexibility index (Phi) is 3.88. The van der Waals surface area contributed by atoms with Crippen molar-refractivity contribution in [2.75, 3.05) is 17.6 Å². The Morgan fingerprint density at radius 1 is 1.25 bits per heavy atom. The minimum Gasteiger partial charge on any atom is -0.368 e. The molecule has 1 heterocycles. The predicted octanol–water partition coefficient (Wildman–Crippen LogP) is 2.62. The van der Waals surface area contributed by atoms with Gasteiger partial charge in [-0.25, -0.2) is 0 Å². The number of hydrogen-bond acceptors (Lipinski definition) is 3. The highest BCUT2D eigenvalue weighted by Gasteiger charge is 1.95. The van der Waals surface area contributed by atoms with Gasteiger partial charge in [-0.05, 0) is 12.1 Å². The van der Waals surface area contributed by atoms with Crippen LogP contribution in [-0.2, 0) is 7.05 Å². The smallest absolute Gasteiger partial charge is 0.147 e. The summed E-state index contributed by atoms with van der Waals surface area (Å²) in [6.45, 7) is 0.927. The molecule has 0 fully saturated rings. The Labute approximate surface area is 99.9 Å². The second kappa shape index (κ2) is 5.61. The molecule has 0 aliphatic heterocycles. The molecule has 4 heteroatoms. The molecule has 0 unspecified atom stereocenters. The van der Waals surface area contributed by atoms with Gasteiger partial charge in [0.2, 0.25) is 0 Å². The Balaban J connectivity index is 1.69. The van der Waals surface area contributed by atoms with Gasteiger partial charge in [0.25, 0.3) is 0 Å². The molecule has 16 heavy (non-hydrogen) atoms. The van der Waals surface area contributed by atoms with Gasteiger partial charge >= 0.3 is 0 Å². The number of nitrogens with zero attached hydrogens (tertiary/aromatic N) is 2. The highest BCUT2D eigenvalue weighted by Crippen LogP contribution is 2.16. The first-order valence-electron chi connectivity index (χ1n) is 5.26. The van der Waals surface area contributed by atoms with Gasteiger partial charge in [0.05, 0.1) is 0 Å². The van der Waals surface area contributed by atoms with Crippen molar-refractivity contribution in [2.45, 2.75) is 4.90 Å². The molecular formula is C12H15N3S. The number of benzene rings is 1. The molecule has 3 nitrogen and oxygen atoms in total. The average Bonchev–Trinajstić information content (AvgIpc) is 2.72. The molecule has 84 valence electrons. The number of rotatable bonds is 5. The summed E-state index contributed by atoms with van der Waals surface area (Å²) < 4.78 is 1.80. The first-order valence-corrected chi connectivity index (χ1v) is 6.24. The SMILES string of the molecule is Cn1ccc(NCCSc2ccccc2)n1. The van der Waals surface area contributed by atoms with Crippen LogP contribution in [0.3, 0.4) is 0 Å². The van der Waals surface area contributed by atoms with Crippen LogP contribution in [0.2, 0.25) is 0 Å². The van der Waals surface area contributed by atoms with Gasteiger partial charge in [-0.2, -0.15) is 5.10 Å². The monoisotopic (exact) mass is 233 g/mol. The van der Waals surface area contributed by atoms with Crippen molar-refractivity contribution in [3.63, 3.8) is 0 Å². The highest BCUT2D eigenvalue weighted by atomic mass is 32.2. The second-order valence-corrected chi connectivity index (χ2v) is 4.63. The lowest BCUT2D eigenvalue weighted by atomic mass is 10.4. The molecule has 0 bridgehead atoms. The van der Waals surface area contributed by atoms with Crippen LogP contribution in [0, 0.1) is 0 Å². The van der Waals surface area contributed by atoms with E-state index in [0.29, 0.717) is 0 Å². The second-order valence-electron chi connectivity index (χ2n) is 3.46. The fraction of sp³-hybridized carbons (Fsp3) is 0.250. The Bertz CT molecular complexity index is 425. The molecule has 0 spiro atoms. The molecule has 0 radical (unpaired) electrons. The van der Waals surface area contributed by atoms with E-state index in [2.05, 4.69) is 34.7 Å². The quantitative estimate of drug-likeness (QED) is 0.636. The van der Waals surface area contributed by atoms with Crippen LogP contribution < -0.4 is 5.32 Å². The molecule has 1 aromatic carbocycles. The molecule has 0 saturated carbocycles. The van der Waals surface area contributed by atoms with E-state index in [9.17, 15) is 0 Å². The summed E-state index contributed by atoms with van der Waals surface area (Å²) in [6, 6.07) is 12.4. The van der Waals surface area contributed by atoms with Crippen LogP contribution in [-0.4, -0.2) is 22.1 Å². The lowest BCUT2D eigenvalue weighted by Crippen LogP contribution is -2.04. The molecule has 0 aliphatic rings. The van der Waals surface area contributed by atoms with Crippen molar-refractivity contribution in [3.8, 4) is 0 Å². The van der Waals surface area contributed by atoms with Gasteiger partial charge < -0.3 is 5.32 Å². The summed E-state index contributed by atoms with van der Waals surface area (Å²) in [5.41, 5.74) is 0. The zero-order valence-electron chi connectivity index (χ0n) is 9.26. The van der Waals surface area contributed by atoms with E-state index in [0.717, 1.165) is 18.1 Å². The normalized spacial score (nSPS) is 10.3. The summed E-state index contributed by atoms with van der Waals surface area (Å²) in [5.74, 6) is 1.98. The molecule has 0 atom stereocenters. The van der Waals surface area contributed by atoms with Crippen molar-refractivity contribution in [1.82, 2.24) is 9.78 Å². The van der Waals surface area contributed by atoms with Gasteiger partial charge in [-0.3, -0.25) is 4.68 Å². The number of nitrogens with one attached hydrogen (secondary N) is 1. The first-order chi connectivity index (χ1) is 7.84. The maximum absolute atomic E-state index is 4.25. The van der Waals surface area contributed by atoms with Crippen molar-refractivity contribution >= 4 is 17.6 Å². The summed E-state index contributed by atoms with van der Waals surface area (Å²) in [6.07, 6.45) is 1.94. The van der Waals surface area contributed by atoms with E-state index in [1.807, 2.05) is 37.1 Å². The van der Waals surface area contributed by atoms with Gasteiger partial charge in [-0.15, -0.1) is 11.8 Å². The van der Waals surface area contributed by atoms with E-state index < -0.39 is 0 Å². The van der Waals surface area contributed by atoms with Crippen molar-refractivity contribution in [2.24, 2.45) is 7.05 Å². The lowest BCUT2D eigenvalue weighted by molar-refractivity contribution is 0.769. The summed E-state index contributed by atoms with van der Waals surface area (Å²) >= 11 is 1.85.